The molecule has 2 rings (SSSR count). The van der Waals surface area contributed by atoms with Gasteiger partial charge in [-0.05, 0) is 25.1 Å². The number of fused-ring (bicyclic) bond motifs is 1. The first-order chi connectivity index (χ1) is 9.15. The lowest BCUT2D eigenvalue weighted by molar-refractivity contribution is 0.0601. The van der Waals surface area contributed by atoms with Crippen LogP contribution in [-0.2, 0) is 9.47 Å². The molecule has 2 N–H and O–H groups in total. The SMILES string of the molecule is CCOC(=O)Nc1cc(C(=O)OC)cc2cc[nH]c12. The molecule has 1 aromatic heterocycles. The first kappa shape index (κ1) is 12.9. The Morgan fingerprint density at radius 2 is 2.16 bits per heavy atom. The number of esters is 1. The van der Waals surface area contributed by atoms with Gasteiger partial charge in [0.15, 0.2) is 0 Å². The van der Waals surface area contributed by atoms with E-state index in [-0.39, 0.29) is 6.61 Å². The van der Waals surface area contributed by atoms with Crippen molar-refractivity contribution in [1.82, 2.24) is 4.98 Å². The Morgan fingerprint density at radius 3 is 2.84 bits per heavy atom. The van der Waals surface area contributed by atoms with Gasteiger partial charge in [0.25, 0.3) is 0 Å². The Kier molecular flexibility index (Phi) is 3.70. The largest absolute Gasteiger partial charge is 0.465 e. The maximum atomic E-state index is 11.6. The number of H-pyrrole nitrogens is 1. The lowest BCUT2D eigenvalue weighted by Gasteiger charge is -2.08. The second kappa shape index (κ2) is 5.43. The fourth-order valence-electron chi connectivity index (χ4n) is 1.78. The van der Waals surface area contributed by atoms with Crippen LogP contribution in [0.3, 0.4) is 0 Å². The van der Waals surface area contributed by atoms with Crippen LogP contribution in [0.25, 0.3) is 10.9 Å². The number of aromatic nitrogens is 1. The number of benzene rings is 1. The predicted molar refractivity (Wildman–Crippen MR) is 70.3 cm³/mol. The molecule has 0 bridgehead atoms. The first-order valence-corrected chi connectivity index (χ1v) is 5.79. The number of anilines is 1. The molecule has 0 fully saturated rings. The predicted octanol–water partition coefficient (Wildman–Crippen LogP) is 2.52. The third kappa shape index (κ3) is 2.67. The van der Waals surface area contributed by atoms with Crippen molar-refractivity contribution < 1.29 is 19.1 Å². The van der Waals surface area contributed by atoms with Gasteiger partial charge in [0.1, 0.15) is 0 Å². The van der Waals surface area contributed by atoms with E-state index in [0.29, 0.717) is 11.3 Å². The number of carbonyl (C=O) groups excluding carboxylic acids is 2. The highest BCUT2D eigenvalue weighted by Gasteiger charge is 2.13. The van der Waals surface area contributed by atoms with Gasteiger partial charge in [-0.1, -0.05) is 0 Å². The monoisotopic (exact) mass is 262 g/mol. The van der Waals surface area contributed by atoms with Gasteiger partial charge in [-0.2, -0.15) is 0 Å². The molecule has 2 aromatic rings. The van der Waals surface area contributed by atoms with Crippen molar-refractivity contribution in [3.8, 4) is 0 Å². The van der Waals surface area contributed by atoms with Gasteiger partial charge in [0.2, 0.25) is 0 Å². The molecule has 0 aliphatic rings. The Labute approximate surface area is 109 Å². The Morgan fingerprint density at radius 1 is 1.37 bits per heavy atom. The number of ether oxygens (including phenoxy) is 2. The van der Waals surface area contributed by atoms with Crippen LogP contribution in [0.4, 0.5) is 10.5 Å². The summed E-state index contributed by atoms with van der Waals surface area (Å²) in [6.45, 7) is 1.99. The van der Waals surface area contributed by atoms with E-state index < -0.39 is 12.1 Å². The van der Waals surface area contributed by atoms with Crippen molar-refractivity contribution in [1.29, 1.82) is 0 Å². The number of rotatable bonds is 3. The van der Waals surface area contributed by atoms with Crippen LogP contribution in [-0.4, -0.2) is 30.8 Å². The molecule has 0 aliphatic carbocycles. The van der Waals surface area contributed by atoms with E-state index >= 15 is 0 Å². The molecule has 100 valence electrons. The Bertz CT molecular complexity index is 618. The molecule has 0 aliphatic heterocycles. The summed E-state index contributed by atoms with van der Waals surface area (Å²) in [6, 6.07) is 5.04. The molecule has 6 heteroatoms. The summed E-state index contributed by atoms with van der Waals surface area (Å²) in [4.78, 5) is 26.0. The van der Waals surface area contributed by atoms with Crippen molar-refractivity contribution in [2.24, 2.45) is 0 Å². The highest BCUT2D eigenvalue weighted by molar-refractivity contribution is 6.03. The van der Waals surface area contributed by atoms with Crippen LogP contribution >= 0.6 is 0 Å². The van der Waals surface area contributed by atoms with Crippen molar-refractivity contribution in [2.75, 3.05) is 19.0 Å². The molecule has 6 nitrogen and oxygen atoms in total. The van der Waals surface area contributed by atoms with E-state index in [1.54, 1.807) is 31.3 Å². The number of hydrogen-bond donors (Lipinski definition) is 2. The maximum absolute atomic E-state index is 11.6. The average Bonchev–Trinajstić information content (AvgIpc) is 2.86. The first-order valence-electron chi connectivity index (χ1n) is 5.79. The van der Waals surface area contributed by atoms with Gasteiger partial charge < -0.3 is 14.5 Å². The normalized spacial score (nSPS) is 10.2. The molecule has 0 saturated carbocycles. The van der Waals surface area contributed by atoms with Crippen molar-refractivity contribution in [3.05, 3.63) is 30.0 Å². The van der Waals surface area contributed by atoms with E-state index in [1.165, 1.54) is 7.11 Å². The Balaban J connectivity index is 2.42. The second-order valence-corrected chi connectivity index (χ2v) is 3.80. The molecule has 0 atom stereocenters. The topological polar surface area (TPSA) is 80.4 Å². The third-order valence-corrected chi connectivity index (χ3v) is 2.59. The minimum atomic E-state index is -0.569. The molecule has 0 unspecified atom stereocenters. The quantitative estimate of drug-likeness (QED) is 0.833. The number of aromatic amines is 1. The minimum absolute atomic E-state index is 0.274. The number of hydrogen-bond acceptors (Lipinski definition) is 4. The zero-order valence-corrected chi connectivity index (χ0v) is 10.6. The van der Waals surface area contributed by atoms with Gasteiger partial charge in [-0.15, -0.1) is 0 Å². The molecular weight excluding hydrogens is 248 g/mol. The lowest BCUT2D eigenvalue weighted by atomic mass is 10.1. The molecule has 19 heavy (non-hydrogen) atoms. The van der Waals surface area contributed by atoms with E-state index in [1.807, 2.05) is 0 Å². The summed E-state index contributed by atoms with van der Waals surface area (Å²) in [5.41, 5.74) is 1.56. The van der Waals surface area contributed by atoms with Gasteiger partial charge in [0.05, 0.1) is 30.5 Å². The molecular formula is C13H14N2O4. The summed E-state index contributed by atoms with van der Waals surface area (Å²) < 4.78 is 9.49. The van der Waals surface area contributed by atoms with Crippen LogP contribution in [0.5, 0.6) is 0 Å². The molecule has 0 saturated heterocycles. The number of amides is 1. The van der Waals surface area contributed by atoms with Crippen LogP contribution in [0, 0.1) is 0 Å². The summed E-state index contributed by atoms with van der Waals surface area (Å²) >= 11 is 0. The van der Waals surface area contributed by atoms with E-state index in [9.17, 15) is 9.59 Å². The minimum Gasteiger partial charge on any atom is -0.465 e. The van der Waals surface area contributed by atoms with Crippen LogP contribution in [0.15, 0.2) is 24.4 Å². The van der Waals surface area contributed by atoms with Crippen molar-refractivity contribution >= 4 is 28.7 Å². The van der Waals surface area contributed by atoms with Gasteiger partial charge in [0, 0.05) is 11.6 Å². The maximum Gasteiger partial charge on any atom is 0.411 e. The fraction of sp³-hybridized carbons (Fsp3) is 0.231. The molecule has 1 heterocycles. The van der Waals surface area contributed by atoms with Gasteiger partial charge in [-0.25, -0.2) is 9.59 Å². The van der Waals surface area contributed by atoms with E-state index in [2.05, 4.69) is 15.0 Å². The van der Waals surface area contributed by atoms with Crippen LogP contribution in [0.2, 0.25) is 0 Å². The average molecular weight is 262 g/mol. The zero-order valence-electron chi connectivity index (χ0n) is 10.6. The number of carbonyl (C=O) groups is 2. The van der Waals surface area contributed by atoms with Gasteiger partial charge in [-0.3, -0.25) is 5.32 Å². The van der Waals surface area contributed by atoms with E-state index in [4.69, 9.17) is 4.74 Å². The summed E-state index contributed by atoms with van der Waals surface area (Å²) in [7, 11) is 1.31. The number of nitrogens with one attached hydrogen (secondary N) is 2. The van der Waals surface area contributed by atoms with Crippen LogP contribution < -0.4 is 5.32 Å². The molecule has 0 spiro atoms. The second-order valence-electron chi connectivity index (χ2n) is 3.80. The summed E-state index contributed by atoms with van der Waals surface area (Å²) in [6.07, 6.45) is 1.16. The van der Waals surface area contributed by atoms with Crippen LogP contribution in [0.1, 0.15) is 17.3 Å². The summed E-state index contributed by atoms with van der Waals surface area (Å²) in [5, 5.41) is 3.39. The standard InChI is InChI=1S/C13H14N2O4/c1-3-19-13(17)15-10-7-9(12(16)18-2)6-8-4-5-14-11(8)10/h4-7,14H,3H2,1-2H3,(H,15,17). The molecule has 1 aromatic carbocycles. The highest BCUT2D eigenvalue weighted by atomic mass is 16.5. The van der Waals surface area contributed by atoms with Gasteiger partial charge >= 0.3 is 12.1 Å². The smallest absolute Gasteiger partial charge is 0.411 e. The van der Waals surface area contributed by atoms with E-state index in [0.717, 1.165) is 10.9 Å². The van der Waals surface area contributed by atoms with Crippen molar-refractivity contribution in [2.45, 2.75) is 6.92 Å². The highest BCUT2D eigenvalue weighted by Crippen LogP contribution is 2.25. The number of methoxy groups -OCH3 is 1. The molecule has 0 radical (unpaired) electrons. The lowest BCUT2D eigenvalue weighted by Crippen LogP contribution is -2.14. The zero-order chi connectivity index (χ0) is 13.8. The Hall–Kier alpha value is -2.50. The summed E-state index contributed by atoms with van der Waals surface area (Å²) in [5.74, 6) is -0.463. The fourth-order valence-corrected chi connectivity index (χ4v) is 1.78. The third-order valence-electron chi connectivity index (χ3n) is 2.59. The van der Waals surface area contributed by atoms with Crippen molar-refractivity contribution in [3.63, 3.8) is 0 Å². The molecule has 1 amide bonds.